The molecule has 170 valence electrons. The zero-order chi connectivity index (χ0) is 23.8. The zero-order valence-corrected chi connectivity index (χ0v) is 17.2. The van der Waals surface area contributed by atoms with Crippen molar-refractivity contribution < 1.29 is 27.1 Å². The number of nitrogens with one attached hydrogen (secondary N) is 1. The molecular weight excluding hydrogens is 468 g/mol. The van der Waals surface area contributed by atoms with Crippen LogP contribution in [-0.2, 0) is 6.54 Å². The molecule has 0 spiro atoms. The van der Waals surface area contributed by atoms with Crippen molar-refractivity contribution in [1.82, 2.24) is 24.9 Å². The Balaban J connectivity index is 1.54. The van der Waals surface area contributed by atoms with Crippen LogP contribution in [0.25, 0.3) is 16.8 Å². The molecule has 0 aliphatic heterocycles. The minimum atomic E-state index is -4.93. The van der Waals surface area contributed by atoms with Gasteiger partial charge in [-0.05, 0) is 42.0 Å². The first-order chi connectivity index (χ1) is 15.6. The predicted molar refractivity (Wildman–Crippen MR) is 110 cm³/mol. The van der Waals surface area contributed by atoms with E-state index in [2.05, 4.69) is 25.1 Å². The highest BCUT2D eigenvalue weighted by molar-refractivity contribution is 6.32. The van der Waals surface area contributed by atoms with E-state index in [9.17, 15) is 22.4 Å². The van der Waals surface area contributed by atoms with Gasteiger partial charge in [0, 0.05) is 30.1 Å². The Morgan fingerprint density at radius 3 is 2.73 bits per heavy atom. The van der Waals surface area contributed by atoms with Gasteiger partial charge in [0.15, 0.2) is 5.65 Å². The molecule has 0 atom stereocenters. The lowest BCUT2D eigenvalue weighted by Crippen LogP contribution is -2.24. The van der Waals surface area contributed by atoms with Crippen LogP contribution >= 0.6 is 11.6 Å². The van der Waals surface area contributed by atoms with Crippen LogP contribution in [0.2, 0.25) is 5.15 Å². The molecule has 0 aliphatic carbocycles. The van der Waals surface area contributed by atoms with Gasteiger partial charge in [0.25, 0.3) is 5.91 Å². The summed E-state index contributed by atoms with van der Waals surface area (Å²) in [5.41, 5.74) is 7.01. The van der Waals surface area contributed by atoms with Gasteiger partial charge in [-0.2, -0.15) is 4.98 Å². The number of alkyl halides is 3. The number of hydrogen-bond donors (Lipinski definition) is 2. The van der Waals surface area contributed by atoms with E-state index in [0.29, 0.717) is 16.8 Å². The van der Waals surface area contributed by atoms with Crippen LogP contribution in [0.1, 0.15) is 15.9 Å². The first-order valence-electron chi connectivity index (χ1n) is 9.19. The average Bonchev–Trinajstić information content (AvgIpc) is 3.12. The molecule has 3 heterocycles. The third kappa shape index (κ3) is 5.12. The van der Waals surface area contributed by atoms with Crippen LogP contribution in [0.4, 0.5) is 23.5 Å². The van der Waals surface area contributed by atoms with Gasteiger partial charge in [-0.1, -0.05) is 11.6 Å². The molecule has 8 nitrogen and oxygen atoms in total. The van der Waals surface area contributed by atoms with Crippen molar-refractivity contribution in [1.29, 1.82) is 0 Å². The average molecular weight is 481 g/mol. The molecule has 0 saturated heterocycles. The molecule has 4 rings (SSSR count). The molecule has 0 radical (unpaired) electrons. The fourth-order valence-electron chi connectivity index (χ4n) is 3.00. The van der Waals surface area contributed by atoms with E-state index in [1.165, 1.54) is 16.8 Å². The van der Waals surface area contributed by atoms with Gasteiger partial charge in [0.1, 0.15) is 16.7 Å². The second-order valence-corrected chi connectivity index (χ2v) is 7.09. The van der Waals surface area contributed by atoms with Crippen molar-refractivity contribution in [2.75, 3.05) is 5.73 Å². The van der Waals surface area contributed by atoms with E-state index in [4.69, 9.17) is 17.3 Å². The number of fused-ring (bicyclic) bond motifs is 1. The van der Waals surface area contributed by atoms with Crippen LogP contribution < -0.4 is 15.8 Å². The molecule has 0 fully saturated rings. The molecule has 3 aromatic heterocycles. The molecule has 1 amide bonds. The maximum Gasteiger partial charge on any atom is 0.573 e. The minimum Gasteiger partial charge on any atom is -0.406 e. The summed E-state index contributed by atoms with van der Waals surface area (Å²) < 4.78 is 56.4. The van der Waals surface area contributed by atoms with Crippen molar-refractivity contribution in [2.45, 2.75) is 12.9 Å². The Labute approximate surface area is 188 Å². The number of halogens is 5. The van der Waals surface area contributed by atoms with Gasteiger partial charge in [0.2, 0.25) is 5.95 Å². The number of rotatable bonds is 5. The standard InChI is InChI=1S/C20H13ClF4N6O2/c21-17-14(6-11(8-27-17)10-3-4-31-16(7-10)29-19(26)30-31)18(32)28-9-12-5-13(1-2-15(12)22)33-20(23,24)25/h1-8H,9H2,(H2,26,30)(H,28,32). The maximum atomic E-state index is 14.0. The molecular formula is C20H13ClF4N6O2. The van der Waals surface area contributed by atoms with E-state index < -0.39 is 30.4 Å². The van der Waals surface area contributed by atoms with Crippen molar-refractivity contribution in [3.8, 4) is 16.9 Å². The number of ether oxygens (including phenoxy) is 1. The van der Waals surface area contributed by atoms with E-state index >= 15 is 0 Å². The fraction of sp³-hybridized carbons (Fsp3) is 0.100. The zero-order valence-electron chi connectivity index (χ0n) is 16.4. The number of nitrogen functional groups attached to an aromatic ring is 1. The monoisotopic (exact) mass is 480 g/mol. The molecule has 0 unspecified atom stereocenters. The largest absolute Gasteiger partial charge is 0.573 e. The number of benzene rings is 1. The Hall–Kier alpha value is -3.93. The van der Waals surface area contributed by atoms with E-state index in [0.717, 1.165) is 18.2 Å². The summed E-state index contributed by atoms with van der Waals surface area (Å²) in [6.45, 7) is -0.411. The third-order valence-corrected chi connectivity index (χ3v) is 4.76. The van der Waals surface area contributed by atoms with Crippen LogP contribution in [0.15, 0.2) is 48.8 Å². The second-order valence-electron chi connectivity index (χ2n) is 6.73. The van der Waals surface area contributed by atoms with Gasteiger partial charge in [-0.3, -0.25) is 4.79 Å². The van der Waals surface area contributed by atoms with Crippen LogP contribution in [0.3, 0.4) is 0 Å². The number of amides is 1. The summed E-state index contributed by atoms with van der Waals surface area (Å²) >= 11 is 6.05. The van der Waals surface area contributed by atoms with Crippen LogP contribution in [0.5, 0.6) is 5.75 Å². The first-order valence-corrected chi connectivity index (χ1v) is 9.57. The summed E-state index contributed by atoms with van der Waals surface area (Å²) in [6.07, 6.45) is -1.86. The number of carbonyl (C=O) groups excluding carboxylic acids is 1. The number of hydrogen-bond acceptors (Lipinski definition) is 6. The number of carbonyl (C=O) groups is 1. The normalized spacial score (nSPS) is 11.5. The van der Waals surface area contributed by atoms with Crippen molar-refractivity contribution in [3.05, 3.63) is 70.9 Å². The molecule has 13 heteroatoms. The van der Waals surface area contributed by atoms with E-state index in [1.54, 1.807) is 18.3 Å². The van der Waals surface area contributed by atoms with Crippen molar-refractivity contribution in [3.63, 3.8) is 0 Å². The lowest BCUT2D eigenvalue weighted by atomic mass is 10.1. The summed E-state index contributed by atoms with van der Waals surface area (Å²) in [7, 11) is 0. The summed E-state index contributed by atoms with van der Waals surface area (Å²) in [4.78, 5) is 20.7. The number of pyridine rings is 2. The fourth-order valence-corrected chi connectivity index (χ4v) is 3.19. The molecule has 0 aliphatic rings. The number of nitrogens with zero attached hydrogens (tertiary/aromatic N) is 4. The van der Waals surface area contributed by atoms with Crippen LogP contribution in [0, 0.1) is 5.82 Å². The van der Waals surface area contributed by atoms with E-state index in [-0.39, 0.29) is 22.2 Å². The summed E-state index contributed by atoms with van der Waals surface area (Å²) in [5.74, 6) is -2.04. The smallest absolute Gasteiger partial charge is 0.406 e. The molecule has 1 aromatic carbocycles. The van der Waals surface area contributed by atoms with Gasteiger partial charge in [-0.25, -0.2) is 13.9 Å². The Bertz CT molecular complexity index is 1360. The van der Waals surface area contributed by atoms with Crippen molar-refractivity contribution >= 4 is 29.1 Å². The summed E-state index contributed by atoms with van der Waals surface area (Å²) in [5, 5.41) is 6.28. The molecule has 4 aromatic rings. The number of anilines is 1. The van der Waals surface area contributed by atoms with Gasteiger partial charge in [-0.15, -0.1) is 18.3 Å². The Morgan fingerprint density at radius 2 is 1.97 bits per heavy atom. The maximum absolute atomic E-state index is 14.0. The molecule has 3 N–H and O–H groups in total. The SMILES string of the molecule is Nc1nc2cc(-c3cnc(Cl)c(C(=O)NCc4cc(OC(F)(F)F)ccc4F)c3)ccn2n1. The lowest BCUT2D eigenvalue weighted by molar-refractivity contribution is -0.274. The minimum absolute atomic E-state index is 0.0156. The Morgan fingerprint density at radius 1 is 1.18 bits per heavy atom. The predicted octanol–water partition coefficient (Wildman–Crippen LogP) is 3.99. The molecule has 0 saturated carbocycles. The lowest BCUT2D eigenvalue weighted by Gasteiger charge is -2.12. The van der Waals surface area contributed by atoms with E-state index in [1.807, 2.05) is 0 Å². The topological polar surface area (TPSA) is 107 Å². The van der Waals surface area contributed by atoms with Gasteiger partial charge >= 0.3 is 6.36 Å². The highest BCUT2D eigenvalue weighted by Crippen LogP contribution is 2.26. The quantitative estimate of drug-likeness (QED) is 0.330. The molecule has 33 heavy (non-hydrogen) atoms. The van der Waals surface area contributed by atoms with Gasteiger partial charge in [0.05, 0.1) is 5.56 Å². The van der Waals surface area contributed by atoms with Gasteiger partial charge < -0.3 is 15.8 Å². The highest BCUT2D eigenvalue weighted by atomic mass is 35.5. The second kappa shape index (κ2) is 8.54. The third-order valence-electron chi connectivity index (χ3n) is 4.46. The number of aromatic nitrogens is 4. The summed E-state index contributed by atoms with van der Waals surface area (Å²) in [6, 6.07) is 7.34. The molecule has 0 bridgehead atoms. The highest BCUT2D eigenvalue weighted by Gasteiger charge is 2.31. The van der Waals surface area contributed by atoms with Crippen molar-refractivity contribution in [2.24, 2.45) is 0 Å². The number of nitrogens with two attached hydrogens (primary N) is 1. The first kappa shape index (κ1) is 22.3. The van der Waals surface area contributed by atoms with Crippen LogP contribution in [-0.4, -0.2) is 31.9 Å². The Kier molecular flexibility index (Phi) is 5.77.